The Kier molecular flexibility index (Phi) is 5.78. The van der Waals surface area contributed by atoms with Gasteiger partial charge >= 0.3 is 6.03 Å². The van der Waals surface area contributed by atoms with E-state index in [1.54, 1.807) is 12.0 Å². The van der Waals surface area contributed by atoms with Gasteiger partial charge in [0, 0.05) is 19.0 Å². The molecule has 0 unspecified atom stereocenters. The van der Waals surface area contributed by atoms with E-state index in [2.05, 4.69) is 10.6 Å². The number of rotatable bonds is 4. The highest BCUT2D eigenvalue weighted by molar-refractivity contribution is 7.14. The smallest absolute Gasteiger partial charge is 0.322 e. The number of carbonyl (C=O) groups excluding carboxylic acids is 2. The lowest BCUT2D eigenvalue weighted by Gasteiger charge is -2.31. The predicted molar refractivity (Wildman–Crippen MR) is 104 cm³/mol. The van der Waals surface area contributed by atoms with Crippen LogP contribution in [0.3, 0.4) is 0 Å². The largest absolute Gasteiger partial charge is 0.495 e. The molecule has 1 aliphatic rings. The SMILES string of the molecule is COc1ccc(C)cc1NC(=O)C1CCN(C(=O)Nc2cccs2)CC1. The van der Waals surface area contributed by atoms with Crippen LogP contribution in [0.5, 0.6) is 5.75 Å². The maximum atomic E-state index is 12.6. The van der Waals surface area contributed by atoms with Gasteiger partial charge in [0.25, 0.3) is 0 Å². The summed E-state index contributed by atoms with van der Waals surface area (Å²) in [6, 6.07) is 9.36. The Labute approximate surface area is 157 Å². The zero-order chi connectivity index (χ0) is 18.5. The summed E-state index contributed by atoms with van der Waals surface area (Å²) in [5.41, 5.74) is 1.75. The Balaban J connectivity index is 1.54. The van der Waals surface area contributed by atoms with Crippen molar-refractivity contribution in [1.29, 1.82) is 0 Å². The molecule has 0 atom stereocenters. The summed E-state index contributed by atoms with van der Waals surface area (Å²) in [6.45, 7) is 3.11. The first-order chi connectivity index (χ1) is 12.6. The first kappa shape index (κ1) is 18.3. The molecule has 7 heteroatoms. The molecule has 1 saturated heterocycles. The molecule has 2 heterocycles. The van der Waals surface area contributed by atoms with Crippen molar-refractivity contribution in [1.82, 2.24) is 4.90 Å². The Morgan fingerprint density at radius 3 is 2.62 bits per heavy atom. The molecule has 0 spiro atoms. The number of urea groups is 1. The number of carbonyl (C=O) groups is 2. The van der Waals surface area contributed by atoms with Crippen LogP contribution in [-0.2, 0) is 4.79 Å². The summed E-state index contributed by atoms with van der Waals surface area (Å²) < 4.78 is 5.31. The average Bonchev–Trinajstić information content (AvgIpc) is 3.15. The van der Waals surface area contributed by atoms with E-state index in [9.17, 15) is 9.59 Å². The number of methoxy groups -OCH3 is 1. The van der Waals surface area contributed by atoms with E-state index in [0.29, 0.717) is 37.4 Å². The predicted octanol–water partition coefficient (Wildman–Crippen LogP) is 3.95. The van der Waals surface area contributed by atoms with Crippen LogP contribution >= 0.6 is 11.3 Å². The molecule has 0 aliphatic carbocycles. The lowest BCUT2D eigenvalue weighted by molar-refractivity contribution is -0.121. The number of likely N-dealkylation sites (tertiary alicyclic amines) is 1. The molecule has 1 aromatic heterocycles. The van der Waals surface area contributed by atoms with Crippen LogP contribution in [0, 0.1) is 12.8 Å². The molecular weight excluding hydrogens is 350 g/mol. The number of aryl methyl sites for hydroxylation is 1. The molecule has 1 aromatic carbocycles. The normalized spacial score (nSPS) is 14.8. The second-order valence-electron chi connectivity index (χ2n) is 6.36. The minimum atomic E-state index is -0.106. The molecule has 2 aromatic rings. The lowest BCUT2D eigenvalue weighted by atomic mass is 9.96. The Morgan fingerprint density at radius 2 is 1.96 bits per heavy atom. The van der Waals surface area contributed by atoms with Gasteiger partial charge in [-0.25, -0.2) is 4.79 Å². The van der Waals surface area contributed by atoms with Crippen LogP contribution in [0.2, 0.25) is 0 Å². The van der Waals surface area contributed by atoms with E-state index in [0.717, 1.165) is 10.6 Å². The van der Waals surface area contributed by atoms with Crippen molar-refractivity contribution in [2.24, 2.45) is 5.92 Å². The molecule has 0 saturated carbocycles. The van der Waals surface area contributed by atoms with Crippen molar-refractivity contribution in [3.63, 3.8) is 0 Å². The molecule has 3 amide bonds. The van der Waals surface area contributed by atoms with Crippen LogP contribution in [0.15, 0.2) is 35.7 Å². The molecule has 0 radical (unpaired) electrons. The third kappa shape index (κ3) is 4.35. The van der Waals surface area contributed by atoms with Gasteiger partial charge in [-0.05, 0) is 55.0 Å². The van der Waals surface area contributed by atoms with Crippen molar-refractivity contribution in [2.45, 2.75) is 19.8 Å². The second-order valence-corrected chi connectivity index (χ2v) is 7.31. The number of hydrogen-bond donors (Lipinski definition) is 2. The number of nitrogens with one attached hydrogen (secondary N) is 2. The van der Waals surface area contributed by atoms with Gasteiger partial charge in [-0.2, -0.15) is 0 Å². The molecule has 0 bridgehead atoms. The Hall–Kier alpha value is -2.54. The molecule has 2 N–H and O–H groups in total. The van der Waals surface area contributed by atoms with Crippen molar-refractivity contribution in [3.8, 4) is 5.75 Å². The third-order valence-electron chi connectivity index (χ3n) is 4.52. The van der Waals surface area contributed by atoms with Crippen molar-refractivity contribution >= 4 is 34.0 Å². The fraction of sp³-hybridized carbons (Fsp3) is 0.368. The van der Waals surface area contributed by atoms with Crippen molar-refractivity contribution < 1.29 is 14.3 Å². The molecule has 1 aliphatic heterocycles. The van der Waals surface area contributed by atoms with E-state index in [1.165, 1.54) is 11.3 Å². The average molecular weight is 373 g/mol. The van der Waals surface area contributed by atoms with Gasteiger partial charge in [0.1, 0.15) is 5.75 Å². The molecule has 6 nitrogen and oxygen atoms in total. The standard InChI is InChI=1S/C19H23N3O3S/c1-13-5-6-16(25-2)15(12-13)20-18(23)14-7-9-22(10-8-14)19(24)21-17-4-3-11-26-17/h3-6,11-12,14H,7-10H2,1-2H3,(H,20,23)(H,21,24). The van der Waals surface area contributed by atoms with E-state index in [4.69, 9.17) is 4.74 Å². The van der Waals surface area contributed by atoms with Gasteiger partial charge in [0.05, 0.1) is 17.8 Å². The molecule has 138 valence electrons. The van der Waals surface area contributed by atoms with E-state index >= 15 is 0 Å². The van der Waals surface area contributed by atoms with Crippen LogP contribution in [-0.4, -0.2) is 37.0 Å². The number of amides is 3. The van der Waals surface area contributed by atoms with Gasteiger partial charge in [-0.1, -0.05) is 6.07 Å². The summed E-state index contributed by atoms with van der Waals surface area (Å²) in [7, 11) is 1.59. The van der Waals surface area contributed by atoms with Crippen LogP contribution in [0.25, 0.3) is 0 Å². The van der Waals surface area contributed by atoms with Gasteiger partial charge in [0.2, 0.25) is 5.91 Å². The number of piperidine rings is 1. The molecular formula is C19H23N3O3S. The molecule has 26 heavy (non-hydrogen) atoms. The number of thiophene rings is 1. The zero-order valence-corrected chi connectivity index (χ0v) is 15.8. The second kappa shape index (κ2) is 8.23. The third-order valence-corrected chi connectivity index (χ3v) is 5.30. The zero-order valence-electron chi connectivity index (χ0n) is 15.0. The number of ether oxygens (including phenoxy) is 1. The first-order valence-corrected chi connectivity index (χ1v) is 9.49. The van der Waals surface area contributed by atoms with Crippen LogP contribution in [0.1, 0.15) is 18.4 Å². The fourth-order valence-corrected chi connectivity index (χ4v) is 3.64. The van der Waals surface area contributed by atoms with Gasteiger partial charge < -0.3 is 15.0 Å². The number of nitrogens with zero attached hydrogens (tertiary/aromatic N) is 1. The number of hydrogen-bond acceptors (Lipinski definition) is 4. The summed E-state index contributed by atoms with van der Waals surface area (Å²) in [5, 5.41) is 8.61. The minimum Gasteiger partial charge on any atom is -0.495 e. The summed E-state index contributed by atoms with van der Waals surface area (Å²) >= 11 is 1.49. The first-order valence-electron chi connectivity index (χ1n) is 8.62. The Bertz CT molecular complexity index is 768. The highest BCUT2D eigenvalue weighted by Crippen LogP contribution is 2.27. The van der Waals surface area contributed by atoms with E-state index in [1.807, 2.05) is 42.6 Å². The highest BCUT2D eigenvalue weighted by Gasteiger charge is 2.28. The fourth-order valence-electron chi connectivity index (χ4n) is 3.03. The number of benzene rings is 1. The van der Waals surface area contributed by atoms with Gasteiger partial charge in [0.15, 0.2) is 0 Å². The Morgan fingerprint density at radius 1 is 1.19 bits per heavy atom. The monoisotopic (exact) mass is 373 g/mol. The highest BCUT2D eigenvalue weighted by atomic mass is 32.1. The van der Waals surface area contributed by atoms with Crippen molar-refractivity contribution in [2.75, 3.05) is 30.8 Å². The maximum absolute atomic E-state index is 12.6. The lowest BCUT2D eigenvalue weighted by Crippen LogP contribution is -2.43. The van der Waals surface area contributed by atoms with Gasteiger partial charge in [-0.3, -0.25) is 10.1 Å². The summed E-state index contributed by atoms with van der Waals surface area (Å²) in [6.07, 6.45) is 1.30. The maximum Gasteiger partial charge on any atom is 0.322 e. The van der Waals surface area contributed by atoms with Crippen molar-refractivity contribution in [3.05, 3.63) is 41.3 Å². The van der Waals surface area contributed by atoms with E-state index in [-0.39, 0.29) is 17.9 Å². The van der Waals surface area contributed by atoms with Crippen LogP contribution < -0.4 is 15.4 Å². The van der Waals surface area contributed by atoms with E-state index < -0.39 is 0 Å². The number of anilines is 2. The summed E-state index contributed by atoms with van der Waals surface area (Å²) in [5.74, 6) is 0.523. The summed E-state index contributed by atoms with van der Waals surface area (Å²) in [4.78, 5) is 26.6. The minimum absolute atomic E-state index is 0.0211. The van der Waals surface area contributed by atoms with Crippen LogP contribution in [0.4, 0.5) is 15.5 Å². The molecule has 1 fully saturated rings. The molecule has 3 rings (SSSR count). The topological polar surface area (TPSA) is 70.7 Å². The van der Waals surface area contributed by atoms with Gasteiger partial charge in [-0.15, -0.1) is 11.3 Å². The quantitative estimate of drug-likeness (QED) is 0.852.